The average Bonchev–Trinajstić information content (AvgIpc) is 2.87. The fraction of sp³-hybridized carbons (Fsp3) is 0.250. The molecule has 0 fully saturated rings. The van der Waals surface area contributed by atoms with Crippen LogP contribution in [-0.4, -0.2) is 14.5 Å². The van der Waals surface area contributed by atoms with E-state index in [-0.39, 0.29) is 11.4 Å². The Kier molecular flexibility index (Phi) is 3.92. The van der Waals surface area contributed by atoms with Gasteiger partial charge in [0.15, 0.2) is 0 Å². The summed E-state index contributed by atoms with van der Waals surface area (Å²) in [5.41, 5.74) is 3.95. The van der Waals surface area contributed by atoms with Crippen molar-refractivity contribution < 1.29 is 5.11 Å². The monoisotopic (exact) mass is 354 g/mol. The highest BCUT2D eigenvalue weighted by Crippen LogP contribution is 2.34. The number of nitrogens with zero attached hydrogens (tertiary/aromatic N) is 2. The van der Waals surface area contributed by atoms with Gasteiger partial charge >= 0.3 is 0 Å². The van der Waals surface area contributed by atoms with Crippen molar-refractivity contribution in [1.82, 2.24) is 9.36 Å². The molecule has 3 aromatic rings. The van der Waals surface area contributed by atoms with E-state index in [9.17, 15) is 9.90 Å². The first-order valence-electron chi connectivity index (χ1n) is 8.46. The van der Waals surface area contributed by atoms with Gasteiger partial charge in [-0.3, -0.25) is 9.48 Å². The highest BCUT2D eigenvalue weighted by molar-refractivity contribution is 6.30. The van der Waals surface area contributed by atoms with E-state index in [0.717, 1.165) is 35.1 Å². The molecule has 1 aromatic heterocycles. The van der Waals surface area contributed by atoms with E-state index in [1.54, 1.807) is 9.36 Å². The Bertz CT molecular complexity index is 1020. The van der Waals surface area contributed by atoms with Crippen molar-refractivity contribution in [2.45, 2.75) is 32.9 Å². The summed E-state index contributed by atoms with van der Waals surface area (Å²) in [6.45, 7) is 3.28. The van der Waals surface area contributed by atoms with Gasteiger partial charge in [-0.2, -0.15) is 0 Å². The van der Waals surface area contributed by atoms with E-state index in [1.165, 1.54) is 0 Å². The lowest BCUT2D eigenvalue weighted by Crippen LogP contribution is -2.27. The molecule has 0 saturated heterocycles. The van der Waals surface area contributed by atoms with E-state index in [2.05, 4.69) is 0 Å². The Morgan fingerprint density at radius 3 is 2.44 bits per heavy atom. The molecule has 1 N–H and O–H groups in total. The fourth-order valence-corrected chi connectivity index (χ4v) is 3.71. The number of hydrogen-bond donors (Lipinski definition) is 1. The SMILES string of the molecule is Cc1ccc(-c2cccc(Cl)c2)cc1-c1c(O)n2n(c1=O)CCCC2. The summed E-state index contributed by atoms with van der Waals surface area (Å²) in [7, 11) is 0. The van der Waals surface area contributed by atoms with Gasteiger partial charge in [-0.25, -0.2) is 4.68 Å². The largest absolute Gasteiger partial charge is 0.493 e. The molecule has 4 nitrogen and oxygen atoms in total. The van der Waals surface area contributed by atoms with Gasteiger partial charge in [0.25, 0.3) is 5.56 Å². The van der Waals surface area contributed by atoms with Crippen LogP contribution in [0.5, 0.6) is 5.88 Å². The van der Waals surface area contributed by atoms with Crippen LogP contribution in [0.15, 0.2) is 47.3 Å². The van der Waals surface area contributed by atoms with Crippen molar-refractivity contribution in [2.75, 3.05) is 0 Å². The summed E-state index contributed by atoms with van der Waals surface area (Å²) in [5, 5.41) is 11.3. The van der Waals surface area contributed by atoms with Crippen molar-refractivity contribution in [2.24, 2.45) is 0 Å². The minimum atomic E-state index is -0.122. The summed E-state index contributed by atoms with van der Waals surface area (Å²) >= 11 is 6.11. The van der Waals surface area contributed by atoms with Gasteiger partial charge in [0.2, 0.25) is 5.88 Å². The number of benzene rings is 2. The second-order valence-corrected chi connectivity index (χ2v) is 6.93. The molecule has 0 saturated carbocycles. The third kappa shape index (κ3) is 2.67. The van der Waals surface area contributed by atoms with E-state index >= 15 is 0 Å². The minimum absolute atomic E-state index is 0.0658. The molecular weight excluding hydrogens is 336 g/mol. The summed E-state index contributed by atoms with van der Waals surface area (Å²) in [4.78, 5) is 12.9. The number of aromatic hydroxyl groups is 1. The molecular formula is C20H19ClN2O2. The molecule has 2 heterocycles. The van der Waals surface area contributed by atoms with Crippen LogP contribution in [0.2, 0.25) is 5.02 Å². The Hall–Kier alpha value is -2.46. The van der Waals surface area contributed by atoms with Crippen molar-refractivity contribution in [1.29, 1.82) is 0 Å². The minimum Gasteiger partial charge on any atom is -0.493 e. The van der Waals surface area contributed by atoms with Crippen LogP contribution in [0, 0.1) is 6.92 Å². The van der Waals surface area contributed by atoms with E-state index < -0.39 is 0 Å². The molecule has 25 heavy (non-hydrogen) atoms. The average molecular weight is 355 g/mol. The van der Waals surface area contributed by atoms with Crippen LogP contribution in [0.4, 0.5) is 0 Å². The Morgan fingerprint density at radius 1 is 1.00 bits per heavy atom. The van der Waals surface area contributed by atoms with Gasteiger partial charge in [0.1, 0.15) is 5.56 Å². The maximum atomic E-state index is 12.9. The fourth-order valence-electron chi connectivity index (χ4n) is 3.52. The molecule has 0 atom stereocenters. The van der Waals surface area contributed by atoms with Crippen molar-refractivity contribution in [3.8, 4) is 28.1 Å². The molecule has 0 bridgehead atoms. The van der Waals surface area contributed by atoms with Gasteiger partial charge in [0, 0.05) is 18.1 Å². The van der Waals surface area contributed by atoms with Gasteiger partial charge in [-0.1, -0.05) is 35.9 Å². The summed E-state index contributed by atoms with van der Waals surface area (Å²) < 4.78 is 3.35. The van der Waals surface area contributed by atoms with Crippen molar-refractivity contribution >= 4 is 11.6 Å². The topological polar surface area (TPSA) is 47.2 Å². The molecule has 0 spiro atoms. The molecule has 128 valence electrons. The predicted octanol–water partition coefficient (Wildman–Crippen LogP) is 4.45. The van der Waals surface area contributed by atoms with E-state index in [1.807, 2.05) is 49.4 Å². The lowest BCUT2D eigenvalue weighted by Gasteiger charge is -2.16. The molecule has 0 amide bonds. The van der Waals surface area contributed by atoms with Gasteiger partial charge in [-0.05, 0) is 60.2 Å². The Balaban J connectivity index is 1.91. The number of hydrogen-bond acceptors (Lipinski definition) is 2. The molecule has 1 aliphatic rings. The summed E-state index contributed by atoms with van der Waals surface area (Å²) in [5.74, 6) is 0.0658. The highest BCUT2D eigenvalue weighted by atomic mass is 35.5. The molecule has 0 unspecified atom stereocenters. The molecule has 1 aliphatic heterocycles. The van der Waals surface area contributed by atoms with E-state index in [4.69, 9.17) is 11.6 Å². The maximum Gasteiger partial charge on any atom is 0.278 e. The van der Waals surface area contributed by atoms with Crippen LogP contribution in [-0.2, 0) is 13.1 Å². The van der Waals surface area contributed by atoms with Crippen LogP contribution >= 0.6 is 11.6 Å². The third-order valence-corrected chi connectivity index (χ3v) is 5.10. The lowest BCUT2D eigenvalue weighted by molar-refractivity contribution is 0.305. The number of rotatable bonds is 2. The normalized spacial score (nSPS) is 13.7. The summed E-state index contributed by atoms with van der Waals surface area (Å²) in [6.07, 6.45) is 1.94. The lowest BCUT2D eigenvalue weighted by atomic mass is 9.96. The van der Waals surface area contributed by atoms with Crippen molar-refractivity contribution in [3.05, 3.63) is 63.4 Å². The second kappa shape index (κ2) is 6.12. The quantitative estimate of drug-likeness (QED) is 0.739. The summed E-state index contributed by atoms with van der Waals surface area (Å²) in [6, 6.07) is 13.6. The first kappa shape index (κ1) is 16.0. The number of aromatic nitrogens is 2. The zero-order valence-electron chi connectivity index (χ0n) is 14.0. The first-order valence-corrected chi connectivity index (χ1v) is 8.83. The van der Waals surface area contributed by atoms with E-state index in [0.29, 0.717) is 23.7 Å². The maximum absolute atomic E-state index is 12.9. The predicted molar refractivity (Wildman–Crippen MR) is 100 cm³/mol. The molecule has 0 aliphatic carbocycles. The molecule has 2 aromatic carbocycles. The molecule has 5 heteroatoms. The zero-order chi connectivity index (χ0) is 17.6. The third-order valence-electron chi connectivity index (χ3n) is 4.86. The molecule has 0 radical (unpaired) electrons. The zero-order valence-corrected chi connectivity index (χ0v) is 14.8. The standard InChI is InChI=1S/C20H19ClN2O2/c1-13-7-8-15(14-5-4-6-16(21)11-14)12-17(13)18-19(24)22-9-2-3-10-23(22)20(18)25/h4-8,11-12,24H,2-3,9-10H2,1H3. The number of aryl methyl sites for hydroxylation is 1. The Morgan fingerprint density at radius 2 is 1.72 bits per heavy atom. The van der Waals surface area contributed by atoms with Crippen LogP contribution in [0.3, 0.4) is 0 Å². The first-order chi connectivity index (χ1) is 12.1. The highest BCUT2D eigenvalue weighted by Gasteiger charge is 2.24. The van der Waals surface area contributed by atoms with Crippen LogP contribution in [0.25, 0.3) is 22.3 Å². The van der Waals surface area contributed by atoms with Crippen LogP contribution in [0.1, 0.15) is 18.4 Å². The van der Waals surface area contributed by atoms with Crippen LogP contribution < -0.4 is 5.56 Å². The van der Waals surface area contributed by atoms with Gasteiger partial charge in [0.05, 0.1) is 0 Å². The number of halogens is 1. The Labute approximate surface area is 150 Å². The smallest absolute Gasteiger partial charge is 0.278 e. The van der Waals surface area contributed by atoms with Gasteiger partial charge in [-0.15, -0.1) is 0 Å². The van der Waals surface area contributed by atoms with Gasteiger partial charge < -0.3 is 5.11 Å². The molecule has 4 rings (SSSR count). The van der Waals surface area contributed by atoms with Crippen molar-refractivity contribution in [3.63, 3.8) is 0 Å². The second-order valence-electron chi connectivity index (χ2n) is 6.50. The number of fused-ring (bicyclic) bond motifs is 1.